The molecule has 3 amide bonds. The standard InChI is InChI=1S/C20H20FN3O2/c1-13-2-7-17-14(10-13)8-9-24-18(17)11-23(12-19(24)25)20(26)22-16-5-3-15(21)4-6-16/h2-7,10,18H,8-9,11-12H2,1H3,(H,22,26). The van der Waals surface area contributed by atoms with Crippen molar-refractivity contribution < 1.29 is 14.0 Å². The smallest absolute Gasteiger partial charge is 0.322 e. The summed E-state index contributed by atoms with van der Waals surface area (Å²) >= 11 is 0. The highest BCUT2D eigenvalue weighted by Gasteiger charge is 2.38. The van der Waals surface area contributed by atoms with Crippen molar-refractivity contribution in [3.05, 3.63) is 65.0 Å². The maximum absolute atomic E-state index is 13.0. The number of nitrogens with zero attached hydrogens (tertiary/aromatic N) is 2. The summed E-state index contributed by atoms with van der Waals surface area (Å²) in [5.41, 5.74) is 4.07. The Morgan fingerprint density at radius 1 is 1.19 bits per heavy atom. The fourth-order valence-corrected chi connectivity index (χ4v) is 3.75. The lowest BCUT2D eigenvalue weighted by molar-refractivity contribution is -0.139. The third-order valence-corrected chi connectivity index (χ3v) is 5.08. The Bertz CT molecular complexity index is 866. The molecule has 2 heterocycles. The molecule has 2 aromatic rings. The first kappa shape index (κ1) is 16.6. The molecule has 5 nitrogen and oxygen atoms in total. The Morgan fingerprint density at radius 2 is 1.96 bits per heavy atom. The first-order valence-corrected chi connectivity index (χ1v) is 8.71. The molecule has 0 spiro atoms. The largest absolute Gasteiger partial charge is 0.332 e. The first-order chi connectivity index (χ1) is 12.5. The minimum absolute atomic E-state index is 0.0401. The van der Waals surface area contributed by atoms with Crippen LogP contribution in [-0.4, -0.2) is 41.4 Å². The molecule has 0 aromatic heterocycles. The number of anilines is 1. The van der Waals surface area contributed by atoms with E-state index in [1.54, 1.807) is 0 Å². The summed E-state index contributed by atoms with van der Waals surface area (Å²) in [6.07, 6.45) is 0.848. The van der Waals surface area contributed by atoms with E-state index in [-0.39, 0.29) is 30.3 Å². The van der Waals surface area contributed by atoms with Crippen molar-refractivity contribution in [3.63, 3.8) is 0 Å². The van der Waals surface area contributed by atoms with Crippen molar-refractivity contribution in [1.29, 1.82) is 0 Å². The van der Waals surface area contributed by atoms with Gasteiger partial charge in [-0.05, 0) is 48.7 Å². The molecule has 2 aliphatic rings. The van der Waals surface area contributed by atoms with Gasteiger partial charge < -0.3 is 15.1 Å². The Hall–Kier alpha value is -2.89. The average molecular weight is 353 g/mol. The summed E-state index contributed by atoms with van der Waals surface area (Å²) in [4.78, 5) is 28.6. The molecule has 2 aromatic carbocycles. The predicted octanol–water partition coefficient (Wildman–Crippen LogP) is 3.11. The van der Waals surface area contributed by atoms with E-state index in [1.165, 1.54) is 40.3 Å². The number of piperazine rings is 1. The minimum Gasteiger partial charge on any atom is -0.332 e. The van der Waals surface area contributed by atoms with Gasteiger partial charge in [0.15, 0.2) is 0 Å². The lowest BCUT2D eigenvalue weighted by Crippen LogP contribution is -2.56. The van der Waals surface area contributed by atoms with Crippen LogP contribution in [0.4, 0.5) is 14.9 Å². The van der Waals surface area contributed by atoms with Crippen LogP contribution in [0.25, 0.3) is 0 Å². The quantitative estimate of drug-likeness (QED) is 0.856. The van der Waals surface area contributed by atoms with Crippen LogP contribution in [0.5, 0.6) is 0 Å². The lowest BCUT2D eigenvalue weighted by atomic mass is 9.89. The molecular weight excluding hydrogens is 333 g/mol. The predicted molar refractivity (Wildman–Crippen MR) is 96.3 cm³/mol. The summed E-state index contributed by atoms with van der Waals surface area (Å²) in [5, 5.41) is 2.74. The van der Waals surface area contributed by atoms with Gasteiger partial charge in [-0.25, -0.2) is 9.18 Å². The first-order valence-electron chi connectivity index (χ1n) is 8.71. The minimum atomic E-state index is -0.360. The summed E-state index contributed by atoms with van der Waals surface area (Å²) in [6.45, 7) is 3.26. The molecule has 1 fully saturated rings. The van der Waals surface area contributed by atoms with Crippen molar-refractivity contribution >= 4 is 17.6 Å². The molecule has 6 heteroatoms. The summed E-state index contributed by atoms with van der Waals surface area (Å²) in [5.74, 6) is -0.400. The number of urea groups is 1. The van der Waals surface area contributed by atoms with Gasteiger partial charge in [-0.15, -0.1) is 0 Å². The number of nitrogens with one attached hydrogen (secondary N) is 1. The zero-order valence-electron chi connectivity index (χ0n) is 14.5. The van der Waals surface area contributed by atoms with Gasteiger partial charge in [0, 0.05) is 18.8 Å². The normalized spacial score (nSPS) is 19.0. The summed E-state index contributed by atoms with van der Waals surface area (Å²) < 4.78 is 13.0. The highest BCUT2D eigenvalue weighted by molar-refractivity contribution is 5.93. The number of fused-ring (bicyclic) bond motifs is 3. The SMILES string of the molecule is Cc1ccc2c(c1)CCN1C(=O)CN(C(=O)Nc3ccc(F)cc3)CC21. The fourth-order valence-electron chi connectivity index (χ4n) is 3.75. The van der Waals surface area contributed by atoms with Crippen LogP contribution in [-0.2, 0) is 11.2 Å². The zero-order valence-corrected chi connectivity index (χ0v) is 14.5. The van der Waals surface area contributed by atoms with E-state index < -0.39 is 0 Å². The van der Waals surface area contributed by atoms with E-state index in [0.717, 1.165) is 12.0 Å². The van der Waals surface area contributed by atoms with Crippen molar-refractivity contribution in [2.24, 2.45) is 0 Å². The van der Waals surface area contributed by atoms with Gasteiger partial charge in [-0.1, -0.05) is 23.8 Å². The number of carbonyl (C=O) groups is 2. The summed E-state index contributed by atoms with van der Waals surface area (Å²) in [7, 11) is 0. The van der Waals surface area contributed by atoms with Gasteiger partial charge in [-0.2, -0.15) is 0 Å². The van der Waals surface area contributed by atoms with E-state index in [9.17, 15) is 14.0 Å². The van der Waals surface area contributed by atoms with Crippen LogP contribution in [0.2, 0.25) is 0 Å². The van der Waals surface area contributed by atoms with Crippen LogP contribution >= 0.6 is 0 Å². The van der Waals surface area contributed by atoms with E-state index in [4.69, 9.17) is 0 Å². The Kier molecular flexibility index (Phi) is 4.11. The molecule has 1 saturated heterocycles. The number of benzene rings is 2. The Morgan fingerprint density at radius 3 is 2.73 bits per heavy atom. The number of rotatable bonds is 1. The second-order valence-corrected chi connectivity index (χ2v) is 6.87. The molecule has 1 unspecified atom stereocenters. The van der Waals surface area contributed by atoms with Gasteiger partial charge in [0.1, 0.15) is 12.4 Å². The van der Waals surface area contributed by atoms with Crippen LogP contribution < -0.4 is 5.32 Å². The van der Waals surface area contributed by atoms with Crippen LogP contribution in [0.15, 0.2) is 42.5 Å². The molecule has 1 N–H and O–H groups in total. The highest BCUT2D eigenvalue weighted by atomic mass is 19.1. The van der Waals surface area contributed by atoms with Crippen molar-refractivity contribution in [1.82, 2.24) is 9.80 Å². The molecule has 2 aliphatic heterocycles. The van der Waals surface area contributed by atoms with E-state index in [2.05, 4.69) is 24.4 Å². The van der Waals surface area contributed by atoms with Crippen molar-refractivity contribution in [2.75, 3.05) is 25.0 Å². The van der Waals surface area contributed by atoms with Gasteiger partial charge in [0.05, 0.1) is 6.04 Å². The second kappa shape index (κ2) is 6.44. The monoisotopic (exact) mass is 353 g/mol. The Balaban J connectivity index is 1.55. The number of carbonyl (C=O) groups excluding carboxylic acids is 2. The number of halogens is 1. The van der Waals surface area contributed by atoms with E-state index in [0.29, 0.717) is 18.8 Å². The lowest BCUT2D eigenvalue weighted by Gasteiger charge is -2.44. The maximum Gasteiger partial charge on any atom is 0.322 e. The Labute approximate surface area is 151 Å². The molecule has 1 atom stereocenters. The van der Waals surface area contributed by atoms with Crippen LogP contribution in [0.1, 0.15) is 22.7 Å². The maximum atomic E-state index is 13.0. The number of aryl methyl sites for hydroxylation is 1. The van der Waals surface area contributed by atoms with Gasteiger partial charge in [0.2, 0.25) is 5.91 Å². The van der Waals surface area contributed by atoms with E-state index >= 15 is 0 Å². The van der Waals surface area contributed by atoms with Crippen LogP contribution in [0, 0.1) is 12.7 Å². The van der Waals surface area contributed by atoms with Gasteiger partial charge >= 0.3 is 6.03 Å². The molecule has 0 bridgehead atoms. The molecule has 0 aliphatic carbocycles. The molecule has 26 heavy (non-hydrogen) atoms. The number of hydrogen-bond donors (Lipinski definition) is 1. The van der Waals surface area contributed by atoms with Crippen molar-refractivity contribution in [3.8, 4) is 0 Å². The molecule has 0 saturated carbocycles. The highest BCUT2D eigenvalue weighted by Crippen LogP contribution is 2.33. The average Bonchev–Trinajstić information content (AvgIpc) is 2.63. The fraction of sp³-hybridized carbons (Fsp3) is 0.300. The summed E-state index contributed by atoms with van der Waals surface area (Å²) in [6, 6.07) is 11.4. The molecule has 134 valence electrons. The number of amides is 3. The van der Waals surface area contributed by atoms with Crippen molar-refractivity contribution in [2.45, 2.75) is 19.4 Å². The van der Waals surface area contributed by atoms with Gasteiger partial charge in [0.25, 0.3) is 0 Å². The third-order valence-electron chi connectivity index (χ3n) is 5.08. The third kappa shape index (κ3) is 3.03. The second-order valence-electron chi connectivity index (χ2n) is 6.87. The molecule has 0 radical (unpaired) electrons. The van der Waals surface area contributed by atoms with Crippen LogP contribution in [0.3, 0.4) is 0 Å². The topological polar surface area (TPSA) is 52.7 Å². The zero-order chi connectivity index (χ0) is 18.3. The number of hydrogen-bond acceptors (Lipinski definition) is 2. The molecule has 4 rings (SSSR count). The van der Waals surface area contributed by atoms with Gasteiger partial charge in [-0.3, -0.25) is 4.79 Å². The molecular formula is C20H20FN3O2. The van der Waals surface area contributed by atoms with E-state index in [1.807, 2.05) is 11.0 Å².